The van der Waals surface area contributed by atoms with E-state index in [-0.39, 0.29) is 11.9 Å². The standard InChI is InChI=1S/C10H14N4/c1-8(7-13-14-10(11)12)9-5-3-2-4-6-9/h2-8H,1H3,(H4,11,12,14)/b13-7+. The number of benzene rings is 1. The van der Waals surface area contributed by atoms with Crippen molar-refractivity contribution in [3.63, 3.8) is 0 Å². The van der Waals surface area contributed by atoms with E-state index in [1.165, 1.54) is 5.56 Å². The van der Waals surface area contributed by atoms with E-state index in [2.05, 4.69) is 10.2 Å². The average molecular weight is 190 g/mol. The zero-order chi connectivity index (χ0) is 10.4. The minimum atomic E-state index is -0.0264. The van der Waals surface area contributed by atoms with Crippen molar-refractivity contribution < 1.29 is 0 Å². The highest BCUT2D eigenvalue weighted by Crippen LogP contribution is 2.11. The first-order valence-corrected chi connectivity index (χ1v) is 4.37. The van der Waals surface area contributed by atoms with Crippen molar-refractivity contribution in [2.75, 3.05) is 0 Å². The van der Waals surface area contributed by atoms with Gasteiger partial charge in [0.25, 0.3) is 0 Å². The molecule has 0 saturated heterocycles. The number of nitrogens with two attached hydrogens (primary N) is 2. The predicted molar refractivity (Wildman–Crippen MR) is 59.2 cm³/mol. The Morgan fingerprint density at radius 3 is 2.50 bits per heavy atom. The van der Waals surface area contributed by atoms with Crippen LogP contribution in [0.1, 0.15) is 18.4 Å². The highest BCUT2D eigenvalue weighted by Gasteiger charge is 1.99. The number of guanidine groups is 1. The van der Waals surface area contributed by atoms with Crippen LogP contribution in [0.3, 0.4) is 0 Å². The quantitative estimate of drug-likeness (QED) is 0.424. The van der Waals surface area contributed by atoms with Crippen molar-refractivity contribution in [3.05, 3.63) is 35.9 Å². The lowest BCUT2D eigenvalue weighted by Crippen LogP contribution is -2.21. The van der Waals surface area contributed by atoms with E-state index < -0.39 is 0 Å². The molecule has 1 aromatic carbocycles. The molecule has 0 saturated carbocycles. The summed E-state index contributed by atoms with van der Waals surface area (Å²) in [6, 6.07) is 10.0. The van der Waals surface area contributed by atoms with Gasteiger partial charge in [0, 0.05) is 12.1 Å². The molecular formula is C10H14N4. The van der Waals surface area contributed by atoms with E-state index in [9.17, 15) is 0 Å². The second kappa shape index (κ2) is 5.01. The van der Waals surface area contributed by atoms with Crippen LogP contribution in [0.15, 0.2) is 40.5 Å². The third-order valence-corrected chi connectivity index (χ3v) is 1.79. The van der Waals surface area contributed by atoms with Crippen LogP contribution in [0.25, 0.3) is 0 Å². The minimum absolute atomic E-state index is 0.0264. The summed E-state index contributed by atoms with van der Waals surface area (Å²) in [6.07, 6.45) is 1.70. The molecule has 0 fully saturated rings. The maximum atomic E-state index is 5.13. The van der Waals surface area contributed by atoms with Gasteiger partial charge in [0.1, 0.15) is 0 Å². The highest BCUT2D eigenvalue weighted by molar-refractivity contribution is 5.76. The SMILES string of the molecule is CC(/C=N/N=C(N)N)c1ccccc1. The molecule has 0 radical (unpaired) electrons. The molecule has 4 nitrogen and oxygen atoms in total. The molecule has 0 spiro atoms. The molecule has 0 bridgehead atoms. The van der Waals surface area contributed by atoms with Crippen molar-refractivity contribution >= 4 is 12.2 Å². The Hall–Kier alpha value is -1.84. The molecule has 0 aliphatic heterocycles. The summed E-state index contributed by atoms with van der Waals surface area (Å²) in [7, 11) is 0. The molecule has 0 aliphatic carbocycles. The van der Waals surface area contributed by atoms with Crippen molar-refractivity contribution in [1.29, 1.82) is 0 Å². The van der Waals surface area contributed by atoms with Gasteiger partial charge in [-0.1, -0.05) is 37.3 Å². The van der Waals surface area contributed by atoms with Gasteiger partial charge in [0.05, 0.1) is 0 Å². The highest BCUT2D eigenvalue weighted by atomic mass is 15.3. The Labute approximate surface area is 83.3 Å². The van der Waals surface area contributed by atoms with Gasteiger partial charge in [0.15, 0.2) is 0 Å². The predicted octanol–water partition coefficient (Wildman–Crippen LogP) is 1.05. The summed E-state index contributed by atoms with van der Waals surface area (Å²) in [5, 5.41) is 7.29. The Morgan fingerprint density at radius 2 is 1.93 bits per heavy atom. The van der Waals surface area contributed by atoms with Crippen LogP contribution in [-0.4, -0.2) is 12.2 Å². The Kier molecular flexibility index (Phi) is 3.67. The fourth-order valence-electron chi connectivity index (χ4n) is 1.04. The lowest BCUT2D eigenvalue weighted by molar-refractivity contribution is 1.03. The number of nitrogens with zero attached hydrogens (tertiary/aromatic N) is 2. The molecule has 1 unspecified atom stereocenters. The van der Waals surface area contributed by atoms with Gasteiger partial charge in [0.2, 0.25) is 5.96 Å². The summed E-state index contributed by atoms with van der Waals surface area (Å²) >= 11 is 0. The summed E-state index contributed by atoms with van der Waals surface area (Å²) < 4.78 is 0. The van der Waals surface area contributed by atoms with Crippen LogP contribution in [0, 0.1) is 0 Å². The number of hydrogen-bond acceptors (Lipinski definition) is 2. The molecule has 4 N–H and O–H groups in total. The lowest BCUT2D eigenvalue weighted by atomic mass is 10.0. The van der Waals surface area contributed by atoms with Crippen LogP contribution in [0.5, 0.6) is 0 Å². The number of rotatable bonds is 3. The minimum Gasteiger partial charge on any atom is -0.369 e. The normalized spacial score (nSPS) is 12.6. The molecule has 1 atom stereocenters. The van der Waals surface area contributed by atoms with Gasteiger partial charge in [-0.25, -0.2) is 0 Å². The zero-order valence-electron chi connectivity index (χ0n) is 8.09. The van der Waals surface area contributed by atoms with E-state index in [1.807, 2.05) is 37.3 Å². The van der Waals surface area contributed by atoms with E-state index in [0.29, 0.717) is 0 Å². The topological polar surface area (TPSA) is 76.8 Å². The molecule has 74 valence electrons. The summed E-state index contributed by atoms with van der Waals surface area (Å²) in [4.78, 5) is 0. The molecule has 1 aromatic rings. The summed E-state index contributed by atoms with van der Waals surface area (Å²) in [5.41, 5.74) is 11.4. The maximum Gasteiger partial charge on any atom is 0.211 e. The van der Waals surface area contributed by atoms with Crippen molar-refractivity contribution in [2.24, 2.45) is 21.7 Å². The molecule has 4 heteroatoms. The summed E-state index contributed by atoms with van der Waals surface area (Å²) in [5.74, 6) is 0.181. The maximum absolute atomic E-state index is 5.13. The van der Waals surface area contributed by atoms with E-state index >= 15 is 0 Å². The molecule has 0 aliphatic rings. The van der Waals surface area contributed by atoms with Crippen molar-refractivity contribution in [2.45, 2.75) is 12.8 Å². The van der Waals surface area contributed by atoms with Crippen molar-refractivity contribution in [1.82, 2.24) is 0 Å². The van der Waals surface area contributed by atoms with E-state index in [1.54, 1.807) is 6.21 Å². The van der Waals surface area contributed by atoms with Gasteiger partial charge in [-0.3, -0.25) is 0 Å². The smallest absolute Gasteiger partial charge is 0.211 e. The van der Waals surface area contributed by atoms with Crippen LogP contribution >= 0.6 is 0 Å². The van der Waals surface area contributed by atoms with Gasteiger partial charge >= 0.3 is 0 Å². The first-order valence-electron chi connectivity index (χ1n) is 4.37. The molecular weight excluding hydrogens is 176 g/mol. The van der Waals surface area contributed by atoms with Gasteiger partial charge in [-0.15, -0.1) is 5.10 Å². The Balaban J connectivity index is 2.64. The third-order valence-electron chi connectivity index (χ3n) is 1.79. The third kappa shape index (κ3) is 3.26. The first-order chi connectivity index (χ1) is 6.70. The number of hydrogen-bond donors (Lipinski definition) is 2. The first kappa shape index (κ1) is 10.2. The van der Waals surface area contributed by atoms with Gasteiger partial charge in [-0.05, 0) is 5.56 Å². The average Bonchev–Trinajstić information content (AvgIpc) is 2.18. The molecule has 0 heterocycles. The van der Waals surface area contributed by atoms with Crippen LogP contribution < -0.4 is 11.5 Å². The van der Waals surface area contributed by atoms with E-state index in [0.717, 1.165) is 0 Å². The molecule has 0 amide bonds. The van der Waals surface area contributed by atoms with Crippen LogP contribution in [0.4, 0.5) is 0 Å². The summed E-state index contributed by atoms with van der Waals surface area (Å²) in [6.45, 7) is 2.03. The monoisotopic (exact) mass is 190 g/mol. The molecule has 14 heavy (non-hydrogen) atoms. The lowest BCUT2D eigenvalue weighted by Gasteiger charge is -2.03. The zero-order valence-corrected chi connectivity index (χ0v) is 8.09. The molecule has 1 rings (SSSR count). The Bertz CT molecular complexity index is 325. The van der Waals surface area contributed by atoms with Crippen molar-refractivity contribution in [3.8, 4) is 0 Å². The second-order valence-corrected chi connectivity index (χ2v) is 2.99. The fraction of sp³-hybridized carbons (Fsp3) is 0.200. The Morgan fingerprint density at radius 1 is 1.29 bits per heavy atom. The fourth-order valence-corrected chi connectivity index (χ4v) is 1.04. The largest absolute Gasteiger partial charge is 0.369 e. The van der Waals surface area contributed by atoms with E-state index in [4.69, 9.17) is 11.5 Å². The van der Waals surface area contributed by atoms with Gasteiger partial charge in [-0.2, -0.15) is 5.10 Å². The van der Waals surface area contributed by atoms with Crippen LogP contribution in [0.2, 0.25) is 0 Å². The second-order valence-electron chi connectivity index (χ2n) is 2.99. The van der Waals surface area contributed by atoms with Gasteiger partial charge < -0.3 is 11.5 Å². The molecule has 0 aromatic heterocycles. The van der Waals surface area contributed by atoms with Crippen LogP contribution in [-0.2, 0) is 0 Å².